The molecule has 1 aliphatic rings. The third kappa shape index (κ3) is 3.97. The van der Waals surface area contributed by atoms with Crippen LogP contribution in [0, 0.1) is 0 Å². The van der Waals surface area contributed by atoms with E-state index in [2.05, 4.69) is 5.32 Å². The maximum absolute atomic E-state index is 11.9. The van der Waals surface area contributed by atoms with Gasteiger partial charge in [0.2, 0.25) is 0 Å². The quantitative estimate of drug-likeness (QED) is 0.514. The van der Waals surface area contributed by atoms with Gasteiger partial charge in [0.1, 0.15) is 0 Å². The minimum absolute atomic E-state index is 0.367. The van der Waals surface area contributed by atoms with Crippen molar-refractivity contribution < 1.29 is 19.1 Å². The predicted octanol–water partition coefficient (Wildman–Crippen LogP) is 2.57. The van der Waals surface area contributed by atoms with Gasteiger partial charge in [-0.15, -0.1) is 0 Å². The fourth-order valence-corrected chi connectivity index (χ4v) is 2.57. The lowest BCUT2D eigenvalue weighted by molar-refractivity contribution is -0.158. The minimum Gasteiger partial charge on any atom is -0.449 e. The van der Waals surface area contributed by atoms with Gasteiger partial charge >= 0.3 is 12.1 Å². The highest BCUT2D eigenvalue weighted by atomic mass is 16.6. The Bertz CT molecular complexity index is 502. The second-order valence-electron chi connectivity index (χ2n) is 5.32. The number of unbranched alkanes of at least 4 members (excludes halogenated alkanes) is 1. The van der Waals surface area contributed by atoms with E-state index in [0.717, 1.165) is 24.0 Å². The van der Waals surface area contributed by atoms with E-state index in [1.807, 2.05) is 31.2 Å². The van der Waals surface area contributed by atoms with Crippen LogP contribution < -0.4 is 5.32 Å². The van der Waals surface area contributed by atoms with Crippen molar-refractivity contribution >= 4 is 12.1 Å². The van der Waals surface area contributed by atoms with Crippen LogP contribution in [0.4, 0.5) is 4.79 Å². The maximum Gasteiger partial charge on any atom is 0.410 e. The number of fused-ring (bicyclic) bond motifs is 1. The molecule has 1 aromatic rings. The monoisotopic (exact) mass is 291 g/mol. The molecule has 2 rings (SSSR count). The molecule has 0 saturated carbocycles. The first-order valence-electron chi connectivity index (χ1n) is 7.26. The van der Waals surface area contributed by atoms with Crippen LogP contribution in [0.25, 0.3) is 0 Å². The molecule has 5 heteroatoms. The second-order valence-corrected chi connectivity index (χ2v) is 5.32. The molecular weight excluding hydrogens is 270 g/mol. The summed E-state index contributed by atoms with van der Waals surface area (Å²) in [6.45, 7) is 3.73. The van der Waals surface area contributed by atoms with Crippen LogP contribution >= 0.6 is 0 Å². The molecule has 5 nitrogen and oxygen atoms in total. The fraction of sp³-hybridized carbons (Fsp3) is 0.500. The molecule has 0 saturated heterocycles. The Labute approximate surface area is 124 Å². The minimum atomic E-state index is -1.03. The molecule has 1 N–H and O–H groups in total. The van der Waals surface area contributed by atoms with E-state index >= 15 is 0 Å². The predicted molar refractivity (Wildman–Crippen MR) is 77.7 cm³/mol. The van der Waals surface area contributed by atoms with Crippen molar-refractivity contribution in [1.82, 2.24) is 5.32 Å². The van der Waals surface area contributed by atoms with Gasteiger partial charge in [0, 0.05) is 19.8 Å². The number of esters is 1. The van der Waals surface area contributed by atoms with Crippen molar-refractivity contribution in [2.45, 2.75) is 45.3 Å². The number of nitrogens with one attached hydrogen (secondary N) is 1. The standard InChI is InChI=1S/C16H21NO4/c1-3-4-9-20-15(19)17-16(21-12(2)18)10-13-7-5-6-8-14(13)11-16/h5-8H,3-4,9-11H2,1-2H3,(H,17,19). The van der Waals surface area contributed by atoms with Crippen LogP contribution in [0.15, 0.2) is 24.3 Å². The average molecular weight is 291 g/mol. The van der Waals surface area contributed by atoms with E-state index in [0.29, 0.717) is 19.4 Å². The number of rotatable bonds is 5. The van der Waals surface area contributed by atoms with E-state index in [9.17, 15) is 9.59 Å². The Morgan fingerprint density at radius 2 is 1.86 bits per heavy atom. The number of carbonyl (C=O) groups excluding carboxylic acids is 2. The lowest BCUT2D eigenvalue weighted by atomic mass is 10.1. The molecule has 0 spiro atoms. The highest BCUT2D eigenvalue weighted by Crippen LogP contribution is 2.31. The second kappa shape index (κ2) is 6.61. The van der Waals surface area contributed by atoms with E-state index < -0.39 is 17.8 Å². The number of alkyl carbamates (subject to hydrolysis) is 1. The summed E-state index contributed by atoms with van der Waals surface area (Å²) in [4.78, 5) is 23.3. The Balaban J connectivity index is 2.06. The lowest BCUT2D eigenvalue weighted by Crippen LogP contribution is -2.52. The number of carbonyl (C=O) groups is 2. The van der Waals surface area contributed by atoms with Gasteiger partial charge in [0.15, 0.2) is 5.72 Å². The average Bonchev–Trinajstić information content (AvgIpc) is 2.75. The lowest BCUT2D eigenvalue weighted by Gasteiger charge is -2.29. The molecule has 0 fully saturated rings. The summed E-state index contributed by atoms with van der Waals surface area (Å²) < 4.78 is 10.5. The van der Waals surface area contributed by atoms with Gasteiger partial charge in [-0.25, -0.2) is 4.79 Å². The first kappa shape index (κ1) is 15.4. The SMILES string of the molecule is CCCCOC(=O)NC1(OC(C)=O)Cc2ccccc2C1. The molecule has 1 aliphatic carbocycles. The molecule has 0 atom stereocenters. The van der Waals surface area contributed by atoms with Gasteiger partial charge < -0.3 is 9.47 Å². The summed E-state index contributed by atoms with van der Waals surface area (Å²) in [6, 6.07) is 7.82. The van der Waals surface area contributed by atoms with Crippen molar-refractivity contribution in [3.63, 3.8) is 0 Å². The van der Waals surface area contributed by atoms with E-state index in [1.54, 1.807) is 0 Å². The summed E-state index contributed by atoms with van der Waals surface area (Å²) in [5.74, 6) is -0.420. The summed E-state index contributed by atoms with van der Waals surface area (Å²) >= 11 is 0. The smallest absolute Gasteiger partial charge is 0.410 e. The molecule has 0 aromatic heterocycles. The summed E-state index contributed by atoms with van der Waals surface area (Å²) in [7, 11) is 0. The largest absolute Gasteiger partial charge is 0.449 e. The third-order valence-electron chi connectivity index (χ3n) is 3.47. The van der Waals surface area contributed by atoms with Crippen LogP contribution in [0.3, 0.4) is 0 Å². The number of amides is 1. The molecule has 114 valence electrons. The van der Waals surface area contributed by atoms with Crippen molar-refractivity contribution in [2.75, 3.05) is 6.61 Å². The van der Waals surface area contributed by atoms with Gasteiger partial charge in [-0.3, -0.25) is 10.1 Å². The van der Waals surface area contributed by atoms with Gasteiger partial charge in [-0.1, -0.05) is 37.6 Å². The highest BCUT2D eigenvalue weighted by molar-refractivity contribution is 5.71. The summed E-state index contributed by atoms with van der Waals surface area (Å²) in [5.41, 5.74) is 1.12. The number of hydrogen-bond acceptors (Lipinski definition) is 4. The molecule has 21 heavy (non-hydrogen) atoms. The fourth-order valence-electron chi connectivity index (χ4n) is 2.57. The Kier molecular flexibility index (Phi) is 4.83. The topological polar surface area (TPSA) is 64.6 Å². The van der Waals surface area contributed by atoms with E-state index in [-0.39, 0.29) is 0 Å². The Morgan fingerprint density at radius 1 is 1.24 bits per heavy atom. The first-order chi connectivity index (χ1) is 10.0. The molecule has 1 aromatic carbocycles. The van der Waals surface area contributed by atoms with Crippen molar-refractivity contribution in [3.05, 3.63) is 35.4 Å². The van der Waals surface area contributed by atoms with Crippen molar-refractivity contribution in [2.24, 2.45) is 0 Å². The van der Waals surface area contributed by atoms with Crippen molar-refractivity contribution in [1.29, 1.82) is 0 Å². The van der Waals surface area contributed by atoms with Crippen LogP contribution in [-0.2, 0) is 27.1 Å². The van der Waals surface area contributed by atoms with E-state index in [1.165, 1.54) is 6.92 Å². The molecule has 0 aliphatic heterocycles. The summed E-state index contributed by atoms with van der Waals surface area (Å²) in [6.07, 6.45) is 2.15. The number of hydrogen-bond donors (Lipinski definition) is 1. The molecular formula is C16H21NO4. The van der Waals surface area contributed by atoms with Crippen LogP contribution in [0.1, 0.15) is 37.8 Å². The summed E-state index contributed by atoms with van der Waals surface area (Å²) in [5, 5.41) is 2.73. The zero-order valence-electron chi connectivity index (χ0n) is 12.5. The van der Waals surface area contributed by atoms with Gasteiger partial charge in [-0.05, 0) is 17.5 Å². The number of ether oxygens (including phenoxy) is 2. The molecule has 0 unspecified atom stereocenters. The highest BCUT2D eigenvalue weighted by Gasteiger charge is 2.42. The van der Waals surface area contributed by atoms with Crippen LogP contribution in [0.2, 0.25) is 0 Å². The van der Waals surface area contributed by atoms with Crippen LogP contribution in [-0.4, -0.2) is 24.4 Å². The van der Waals surface area contributed by atoms with E-state index in [4.69, 9.17) is 9.47 Å². The third-order valence-corrected chi connectivity index (χ3v) is 3.47. The normalized spacial score (nSPS) is 15.1. The number of benzene rings is 1. The van der Waals surface area contributed by atoms with Gasteiger partial charge in [-0.2, -0.15) is 0 Å². The Hall–Kier alpha value is -2.04. The van der Waals surface area contributed by atoms with Crippen molar-refractivity contribution in [3.8, 4) is 0 Å². The molecule has 0 radical (unpaired) electrons. The zero-order chi connectivity index (χ0) is 15.3. The molecule has 0 bridgehead atoms. The molecule has 0 heterocycles. The maximum atomic E-state index is 11.9. The first-order valence-corrected chi connectivity index (χ1v) is 7.26. The Morgan fingerprint density at radius 3 is 2.38 bits per heavy atom. The zero-order valence-corrected chi connectivity index (χ0v) is 12.5. The van der Waals surface area contributed by atoms with Gasteiger partial charge in [0.25, 0.3) is 0 Å². The van der Waals surface area contributed by atoms with Gasteiger partial charge in [0.05, 0.1) is 6.61 Å². The molecule has 1 amide bonds. The van der Waals surface area contributed by atoms with Crippen LogP contribution in [0.5, 0.6) is 0 Å².